The predicted molar refractivity (Wildman–Crippen MR) is 116 cm³/mol. The Morgan fingerprint density at radius 2 is 1.90 bits per heavy atom. The van der Waals surface area contributed by atoms with Crippen molar-refractivity contribution in [2.24, 2.45) is 0 Å². The van der Waals surface area contributed by atoms with E-state index in [0.29, 0.717) is 19.5 Å². The van der Waals surface area contributed by atoms with Gasteiger partial charge in [0.2, 0.25) is 11.8 Å². The molecule has 6 nitrogen and oxygen atoms in total. The largest absolute Gasteiger partial charge is 0.459 e. The Labute approximate surface area is 176 Å². The summed E-state index contributed by atoms with van der Waals surface area (Å²) < 4.78 is 5.85. The zero-order valence-electron chi connectivity index (χ0n) is 17.2. The van der Waals surface area contributed by atoms with Gasteiger partial charge in [-0.2, -0.15) is 0 Å². The zero-order chi connectivity index (χ0) is 20.9. The summed E-state index contributed by atoms with van der Waals surface area (Å²) in [6.45, 7) is 4.03. The van der Waals surface area contributed by atoms with Crippen LogP contribution in [0.2, 0.25) is 0 Å². The van der Waals surface area contributed by atoms with Gasteiger partial charge >= 0.3 is 0 Å². The monoisotopic (exact) mass is 405 g/mol. The molecule has 1 fully saturated rings. The van der Waals surface area contributed by atoms with Crippen LogP contribution in [0.1, 0.15) is 42.7 Å². The van der Waals surface area contributed by atoms with Gasteiger partial charge in [0.1, 0.15) is 11.3 Å². The molecular formula is C24H27N3O3. The van der Waals surface area contributed by atoms with Crippen molar-refractivity contribution in [1.82, 2.24) is 15.5 Å². The van der Waals surface area contributed by atoms with Crippen LogP contribution in [0.3, 0.4) is 0 Å². The molecule has 1 aliphatic heterocycles. The molecule has 0 radical (unpaired) electrons. The summed E-state index contributed by atoms with van der Waals surface area (Å²) in [5, 5.41) is 7.24. The maximum absolute atomic E-state index is 12.4. The highest BCUT2D eigenvalue weighted by Gasteiger charge is 2.21. The Morgan fingerprint density at radius 3 is 2.67 bits per heavy atom. The van der Waals surface area contributed by atoms with Gasteiger partial charge in [0.05, 0.1) is 12.6 Å². The van der Waals surface area contributed by atoms with Crippen LogP contribution in [0.4, 0.5) is 0 Å². The Balaban J connectivity index is 1.29. The number of nitrogens with one attached hydrogen (secondary N) is 2. The van der Waals surface area contributed by atoms with E-state index in [-0.39, 0.29) is 24.4 Å². The fourth-order valence-electron chi connectivity index (χ4n) is 3.78. The summed E-state index contributed by atoms with van der Waals surface area (Å²) in [6, 6.07) is 17.7. The predicted octanol–water partition coefficient (Wildman–Crippen LogP) is 3.52. The number of fused-ring (bicyclic) bond motifs is 1. The number of amides is 2. The number of para-hydroxylation sites is 1. The number of rotatable bonds is 8. The molecule has 156 valence electrons. The van der Waals surface area contributed by atoms with Crippen LogP contribution in [0.5, 0.6) is 0 Å². The highest BCUT2D eigenvalue weighted by Crippen LogP contribution is 2.23. The Morgan fingerprint density at radius 1 is 1.13 bits per heavy atom. The van der Waals surface area contributed by atoms with E-state index in [1.54, 1.807) is 0 Å². The van der Waals surface area contributed by atoms with Crippen LogP contribution in [0, 0.1) is 0 Å². The van der Waals surface area contributed by atoms with Crippen LogP contribution >= 0.6 is 0 Å². The number of nitrogens with zero attached hydrogens (tertiary/aromatic N) is 1. The normalized spacial score (nSPS) is 15.0. The summed E-state index contributed by atoms with van der Waals surface area (Å²) in [4.78, 5) is 26.2. The standard InChI is InChI=1S/C24H27N3O3/c1-17(22-13-18-7-4-5-10-21(18)30-22)25-15-23(28)26-14-19-8-2-3-9-20(19)16-27-12-6-11-24(27)29/h2-5,7-10,13,17,25H,6,11-12,14-16H2,1H3,(H,26,28). The van der Waals surface area contributed by atoms with Crippen molar-refractivity contribution < 1.29 is 14.0 Å². The summed E-state index contributed by atoms with van der Waals surface area (Å²) in [7, 11) is 0. The van der Waals surface area contributed by atoms with E-state index in [4.69, 9.17) is 4.42 Å². The molecule has 1 aliphatic rings. The SMILES string of the molecule is CC(NCC(=O)NCc1ccccc1CN1CCCC1=O)c1cc2ccccc2o1. The molecule has 2 heterocycles. The minimum absolute atomic E-state index is 0.0726. The second-order valence-corrected chi connectivity index (χ2v) is 7.75. The molecule has 0 bridgehead atoms. The second kappa shape index (κ2) is 9.13. The highest BCUT2D eigenvalue weighted by atomic mass is 16.3. The van der Waals surface area contributed by atoms with Crippen molar-refractivity contribution in [3.63, 3.8) is 0 Å². The lowest BCUT2D eigenvalue weighted by atomic mass is 10.1. The van der Waals surface area contributed by atoms with Crippen molar-refractivity contribution in [1.29, 1.82) is 0 Å². The van der Waals surface area contributed by atoms with E-state index in [9.17, 15) is 9.59 Å². The number of furan rings is 1. The lowest BCUT2D eigenvalue weighted by Gasteiger charge is -2.18. The summed E-state index contributed by atoms with van der Waals surface area (Å²) in [5.74, 6) is 0.937. The number of hydrogen-bond donors (Lipinski definition) is 2. The van der Waals surface area contributed by atoms with E-state index in [1.165, 1.54) is 0 Å². The van der Waals surface area contributed by atoms with Gasteiger partial charge in [-0.3, -0.25) is 14.9 Å². The molecule has 3 aromatic rings. The third-order valence-electron chi connectivity index (χ3n) is 5.57. The van der Waals surface area contributed by atoms with E-state index < -0.39 is 0 Å². The molecule has 1 unspecified atom stereocenters. The molecule has 1 aromatic heterocycles. The molecule has 2 aromatic carbocycles. The number of carbonyl (C=O) groups is 2. The Hall–Kier alpha value is -3.12. The highest BCUT2D eigenvalue weighted by molar-refractivity contribution is 5.79. The molecule has 4 rings (SSSR count). The molecule has 0 aliphatic carbocycles. The van der Waals surface area contributed by atoms with E-state index in [0.717, 1.165) is 40.8 Å². The Bertz CT molecular complexity index is 1010. The molecular weight excluding hydrogens is 378 g/mol. The molecule has 30 heavy (non-hydrogen) atoms. The first-order valence-electron chi connectivity index (χ1n) is 10.4. The van der Waals surface area contributed by atoms with Gasteiger partial charge in [0.25, 0.3) is 0 Å². The van der Waals surface area contributed by atoms with Crippen LogP contribution in [0.25, 0.3) is 11.0 Å². The van der Waals surface area contributed by atoms with Crippen molar-refractivity contribution >= 4 is 22.8 Å². The van der Waals surface area contributed by atoms with Crippen molar-refractivity contribution in [2.75, 3.05) is 13.1 Å². The van der Waals surface area contributed by atoms with Crippen LogP contribution in [-0.2, 0) is 22.7 Å². The van der Waals surface area contributed by atoms with E-state index in [1.807, 2.05) is 66.4 Å². The van der Waals surface area contributed by atoms with E-state index >= 15 is 0 Å². The minimum atomic E-state index is -0.0787. The van der Waals surface area contributed by atoms with E-state index in [2.05, 4.69) is 10.6 Å². The van der Waals surface area contributed by atoms with Gasteiger partial charge in [-0.15, -0.1) is 0 Å². The average molecular weight is 405 g/mol. The molecule has 0 saturated carbocycles. The molecule has 2 amide bonds. The van der Waals surface area contributed by atoms with Gasteiger partial charge in [0, 0.05) is 31.4 Å². The Kier molecular flexibility index (Phi) is 6.14. The first-order valence-corrected chi connectivity index (χ1v) is 10.4. The number of benzene rings is 2. The maximum Gasteiger partial charge on any atom is 0.234 e. The van der Waals surface area contributed by atoms with Crippen molar-refractivity contribution in [2.45, 2.75) is 38.9 Å². The summed E-state index contributed by atoms with van der Waals surface area (Å²) >= 11 is 0. The first-order chi connectivity index (χ1) is 14.6. The van der Waals surface area contributed by atoms with Crippen LogP contribution in [-0.4, -0.2) is 29.8 Å². The van der Waals surface area contributed by atoms with Crippen LogP contribution < -0.4 is 10.6 Å². The smallest absolute Gasteiger partial charge is 0.234 e. The topological polar surface area (TPSA) is 74.6 Å². The summed E-state index contributed by atoms with van der Waals surface area (Å²) in [6.07, 6.45) is 1.56. The molecule has 6 heteroatoms. The van der Waals surface area contributed by atoms with Gasteiger partial charge in [0.15, 0.2) is 0 Å². The van der Waals surface area contributed by atoms with Gasteiger partial charge < -0.3 is 14.6 Å². The number of likely N-dealkylation sites (tertiary alicyclic amines) is 1. The third-order valence-corrected chi connectivity index (χ3v) is 5.57. The molecule has 1 saturated heterocycles. The van der Waals surface area contributed by atoms with Crippen LogP contribution in [0.15, 0.2) is 59.0 Å². The third kappa shape index (κ3) is 4.71. The minimum Gasteiger partial charge on any atom is -0.459 e. The van der Waals surface area contributed by atoms with Crippen molar-refractivity contribution in [3.8, 4) is 0 Å². The molecule has 0 spiro atoms. The fourth-order valence-corrected chi connectivity index (χ4v) is 3.78. The molecule has 1 atom stereocenters. The number of hydrogen-bond acceptors (Lipinski definition) is 4. The number of carbonyl (C=O) groups excluding carboxylic acids is 2. The van der Waals surface area contributed by atoms with Gasteiger partial charge in [-0.25, -0.2) is 0 Å². The zero-order valence-corrected chi connectivity index (χ0v) is 17.2. The lowest BCUT2D eigenvalue weighted by Crippen LogP contribution is -2.35. The second-order valence-electron chi connectivity index (χ2n) is 7.75. The maximum atomic E-state index is 12.4. The van der Waals surface area contributed by atoms with Gasteiger partial charge in [-0.05, 0) is 36.6 Å². The molecule has 2 N–H and O–H groups in total. The van der Waals surface area contributed by atoms with Crippen molar-refractivity contribution in [3.05, 3.63) is 71.5 Å². The lowest BCUT2D eigenvalue weighted by molar-refractivity contribution is -0.128. The first kappa shape index (κ1) is 20.2. The average Bonchev–Trinajstić information content (AvgIpc) is 3.37. The van der Waals surface area contributed by atoms with Gasteiger partial charge in [-0.1, -0.05) is 42.5 Å². The fraction of sp³-hybridized carbons (Fsp3) is 0.333. The quantitative estimate of drug-likeness (QED) is 0.601. The summed E-state index contributed by atoms with van der Waals surface area (Å²) in [5.41, 5.74) is 2.96.